The molecule has 0 radical (unpaired) electrons. The first kappa shape index (κ1) is 11.9. The molecule has 1 aromatic carbocycles. The second-order valence-electron chi connectivity index (χ2n) is 3.50. The molecule has 2 aromatic rings. The standard InChI is InChI=1S/C11H11F2N3S/c1-2-3-14-11-16-15-10(17-11)7-4-8(12)6-9(13)5-7/h4-6H,2-3H2,1H3,(H,14,16). The Morgan fingerprint density at radius 2 is 1.88 bits per heavy atom. The maximum atomic E-state index is 13.0. The van der Waals surface area contributed by atoms with Gasteiger partial charge in [0.15, 0.2) is 0 Å². The Morgan fingerprint density at radius 3 is 2.53 bits per heavy atom. The quantitative estimate of drug-likeness (QED) is 0.910. The molecule has 1 heterocycles. The summed E-state index contributed by atoms with van der Waals surface area (Å²) in [7, 11) is 0. The van der Waals surface area contributed by atoms with Gasteiger partial charge in [0.1, 0.15) is 16.6 Å². The minimum Gasteiger partial charge on any atom is -0.360 e. The number of nitrogens with one attached hydrogen (secondary N) is 1. The Hall–Kier alpha value is -1.56. The van der Waals surface area contributed by atoms with E-state index in [0.29, 0.717) is 15.7 Å². The number of hydrogen-bond donors (Lipinski definition) is 1. The predicted molar refractivity (Wildman–Crippen MR) is 64.0 cm³/mol. The van der Waals surface area contributed by atoms with E-state index in [-0.39, 0.29) is 0 Å². The Morgan fingerprint density at radius 1 is 1.18 bits per heavy atom. The van der Waals surface area contributed by atoms with Gasteiger partial charge in [-0.1, -0.05) is 18.3 Å². The molecule has 0 amide bonds. The van der Waals surface area contributed by atoms with Gasteiger partial charge in [0.05, 0.1) is 0 Å². The predicted octanol–water partition coefficient (Wildman–Crippen LogP) is 3.31. The zero-order valence-electron chi connectivity index (χ0n) is 9.20. The largest absolute Gasteiger partial charge is 0.360 e. The summed E-state index contributed by atoms with van der Waals surface area (Å²) in [6, 6.07) is 3.32. The van der Waals surface area contributed by atoms with Crippen LogP contribution in [-0.4, -0.2) is 16.7 Å². The van der Waals surface area contributed by atoms with Gasteiger partial charge in [0.25, 0.3) is 0 Å². The molecule has 17 heavy (non-hydrogen) atoms. The first-order valence-electron chi connectivity index (χ1n) is 5.23. The highest BCUT2D eigenvalue weighted by molar-refractivity contribution is 7.18. The molecule has 0 spiro atoms. The Kier molecular flexibility index (Phi) is 3.63. The zero-order valence-corrected chi connectivity index (χ0v) is 10.0. The first-order chi connectivity index (χ1) is 8.19. The van der Waals surface area contributed by atoms with Crippen LogP contribution < -0.4 is 5.32 Å². The lowest BCUT2D eigenvalue weighted by atomic mass is 10.2. The molecular formula is C11H11F2N3S. The van der Waals surface area contributed by atoms with Gasteiger partial charge in [-0.2, -0.15) is 0 Å². The van der Waals surface area contributed by atoms with Crippen molar-refractivity contribution in [3.8, 4) is 10.6 Å². The molecular weight excluding hydrogens is 244 g/mol. The van der Waals surface area contributed by atoms with Crippen molar-refractivity contribution >= 4 is 16.5 Å². The molecule has 0 aliphatic heterocycles. The SMILES string of the molecule is CCCNc1nnc(-c2cc(F)cc(F)c2)s1. The molecule has 6 heteroatoms. The molecule has 1 aromatic heterocycles. The molecule has 0 aliphatic rings. The van der Waals surface area contributed by atoms with Gasteiger partial charge in [-0.25, -0.2) is 8.78 Å². The van der Waals surface area contributed by atoms with Crippen LogP contribution in [0.5, 0.6) is 0 Å². The summed E-state index contributed by atoms with van der Waals surface area (Å²) in [4.78, 5) is 0. The molecule has 0 saturated heterocycles. The van der Waals surface area contributed by atoms with Crippen molar-refractivity contribution in [3.63, 3.8) is 0 Å². The van der Waals surface area contributed by atoms with Crippen LogP contribution in [0.4, 0.5) is 13.9 Å². The molecule has 0 saturated carbocycles. The van der Waals surface area contributed by atoms with E-state index in [1.807, 2.05) is 6.92 Å². The second-order valence-corrected chi connectivity index (χ2v) is 4.47. The number of aromatic nitrogens is 2. The van der Waals surface area contributed by atoms with E-state index in [4.69, 9.17) is 0 Å². The van der Waals surface area contributed by atoms with Crippen LogP contribution in [0.2, 0.25) is 0 Å². The van der Waals surface area contributed by atoms with Crippen molar-refractivity contribution in [3.05, 3.63) is 29.8 Å². The van der Waals surface area contributed by atoms with Crippen LogP contribution in [0.15, 0.2) is 18.2 Å². The van der Waals surface area contributed by atoms with E-state index in [2.05, 4.69) is 15.5 Å². The average molecular weight is 255 g/mol. The first-order valence-corrected chi connectivity index (χ1v) is 6.04. The third-order valence-corrected chi connectivity index (χ3v) is 2.99. The number of hydrogen-bond acceptors (Lipinski definition) is 4. The van der Waals surface area contributed by atoms with E-state index in [0.717, 1.165) is 19.0 Å². The van der Waals surface area contributed by atoms with Crippen molar-refractivity contribution in [2.24, 2.45) is 0 Å². The molecule has 90 valence electrons. The molecule has 0 aliphatic carbocycles. The van der Waals surface area contributed by atoms with Crippen molar-refractivity contribution in [2.75, 3.05) is 11.9 Å². The van der Waals surface area contributed by atoms with Gasteiger partial charge in [0.2, 0.25) is 5.13 Å². The third-order valence-electron chi connectivity index (χ3n) is 2.06. The van der Waals surface area contributed by atoms with Crippen LogP contribution >= 0.6 is 11.3 Å². The van der Waals surface area contributed by atoms with Gasteiger partial charge in [-0.3, -0.25) is 0 Å². The summed E-state index contributed by atoms with van der Waals surface area (Å²) in [6.07, 6.45) is 0.976. The summed E-state index contributed by atoms with van der Waals surface area (Å²) >= 11 is 1.28. The topological polar surface area (TPSA) is 37.8 Å². The van der Waals surface area contributed by atoms with Gasteiger partial charge in [-0.15, -0.1) is 10.2 Å². The van der Waals surface area contributed by atoms with Gasteiger partial charge in [-0.05, 0) is 18.6 Å². The second kappa shape index (κ2) is 5.18. The molecule has 3 nitrogen and oxygen atoms in total. The molecule has 0 unspecified atom stereocenters. The van der Waals surface area contributed by atoms with Gasteiger partial charge < -0.3 is 5.32 Å². The summed E-state index contributed by atoms with van der Waals surface area (Å²) in [5.74, 6) is -1.23. The fourth-order valence-electron chi connectivity index (χ4n) is 1.32. The van der Waals surface area contributed by atoms with Crippen LogP contribution in [-0.2, 0) is 0 Å². The van der Waals surface area contributed by atoms with Crippen LogP contribution in [0.25, 0.3) is 10.6 Å². The fourth-order valence-corrected chi connectivity index (χ4v) is 2.08. The van der Waals surface area contributed by atoms with Gasteiger partial charge >= 0.3 is 0 Å². The Labute approximate surface area is 102 Å². The fraction of sp³-hybridized carbons (Fsp3) is 0.273. The minimum atomic E-state index is -0.613. The summed E-state index contributed by atoms with van der Waals surface area (Å²) in [5, 5.41) is 12.0. The van der Waals surface area contributed by atoms with Gasteiger partial charge in [0, 0.05) is 18.2 Å². The van der Waals surface area contributed by atoms with E-state index in [9.17, 15) is 8.78 Å². The van der Waals surface area contributed by atoms with Crippen molar-refractivity contribution < 1.29 is 8.78 Å². The molecule has 0 fully saturated rings. The Bertz CT molecular complexity index is 493. The lowest BCUT2D eigenvalue weighted by molar-refractivity contribution is 0.584. The van der Waals surface area contributed by atoms with E-state index < -0.39 is 11.6 Å². The lowest BCUT2D eigenvalue weighted by Gasteiger charge is -1.97. The maximum Gasteiger partial charge on any atom is 0.206 e. The van der Waals surface area contributed by atoms with Crippen LogP contribution in [0.1, 0.15) is 13.3 Å². The summed E-state index contributed by atoms with van der Waals surface area (Å²) in [6.45, 7) is 2.84. The molecule has 0 bridgehead atoms. The van der Waals surface area contributed by atoms with Crippen LogP contribution in [0.3, 0.4) is 0 Å². The van der Waals surface area contributed by atoms with E-state index in [1.165, 1.54) is 23.5 Å². The van der Waals surface area contributed by atoms with E-state index >= 15 is 0 Å². The number of benzene rings is 1. The third kappa shape index (κ3) is 2.97. The highest BCUT2D eigenvalue weighted by Crippen LogP contribution is 2.27. The van der Waals surface area contributed by atoms with Crippen LogP contribution in [0, 0.1) is 11.6 Å². The maximum absolute atomic E-state index is 13.0. The molecule has 2 rings (SSSR count). The number of rotatable bonds is 4. The monoisotopic (exact) mass is 255 g/mol. The Balaban J connectivity index is 2.24. The van der Waals surface area contributed by atoms with Crippen molar-refractivity contribution in [1.29, 1.82) is 0 Å². The summed E-state index contributed by atoms with van der Waals surface area (Å²) in [5.41, 5.74) is 0.407. The minimum absolute atomic E-state index is 0.407. The lowest BCUT2D eigenvalue weighted by Crippen LogP contribution is -1.98. The number of halogens is 2. The summed E-state index contributed by atoms with van der Waals surface area (Å²) < 4.78 is 26.0. The highest BCUT2D eigenvalue weighted by atomic mass is 32.1. The highest BCUT2D eigenvalue weighted by Gasteiger charge is 2.08. The van der Waals surface area contributed by atoms with Crippen molar-refractivity contribution in [2.45, 2.75) is 13.3 Å². The van der Waals surface area contributed by atoms with E-state index in [1.54, 1.807) is 0 Å². The van der Waals surface area contributed by atoms with Crippen molar-refractivity contribution in [1.82, 2.24) is 10.2 Å². The number of anilines is 1. The smallest absolute Gasteiger partial charge is 0.206 e. The number of nitrogens with zero attached hydrogens (tertiary/aromatic N) is 2. The molecule has 1 N–H and O–H groups in total. The zero-order chi connectivity index (χ0) is 12.3. The average Bonchev–Trinajstić information content (AvgIpc) is 2.73. The molecule has 0 atom stereocenters. The normalized spacial score (nSPS) is 10.5.